The van der Waals surface area contributed by atoms with Crippen LogP contribution in [0.25, 0.3) is 6.08 Å². The second-order valence-electron chi connectivity index (χ2n) is 7.43. The van der Waals surface area contributed by atoms with Crippen LogP contribution in [0.5, 0.6) is 11.5 Å². The summed E-state index contributed by atoms with van der Waals surface area (Å²) in [6, 6.07) is 18.6. The van der Waals surface area contributed by atoms with Crippen molar-refractivity contribution in [2.45, 2.75) is 18.7 Å². The molecule has 0 aliphatic carbocycles. The van der Waals surface area contributed by atoms with Gasteiger partial charge in [0, 0.05) is 0 Å². The number of benzene rings is 3. The number of ether oxygens (including phenoxy) is 1. The number of carbonyl (C=O) groups excluding carboxylic acids is 1. The first-order valence-electron chi connectivity index (χ1n) is 10.6. The number of hydrogen-bond acceptors (Lipinski definition) is 7. The number of aliphatic imine (C=N–C) groups is 1. The first kappa shape index (κ1) is 24.8. The number of aryl methyl sites for hydroxylation is 1. The third-order valence-corrected chi connectivity index (χ3v) is 7.20. The van der Waals surface area contributed by atoms with Crippen molar-refractivity contribution < 1.29 is 22.1 Å². The van der Waals surface area contributed by atoms with Gasteiger partial charge in [0.25, 0.3) is 5.91 Å². The number of amidine groups is 1. The van der Waals surface area contributed by atoms with Crippen molar-refractivity contribution >= 4 is 56.3 Å². The molecule has 1 amide bonds. The van der Waals surface area contributed by atoms with Crippen LogP contribution >= 0.6 is 23.4 Å². The summed E-state index contributed by atoms with van der Waals surface area (Å²) in [5.41, 5.74) is 2.17. The van der Waals surface area contributed by atoms with Crippen LogP contribution in [0.15, 0.2) is 81.5 Å². The van der Waals surface area contributed by atoms with Crippen molar-refractivity contribution in [2.75, 3.05) is 6.61 Å². The number of amides is 1. The van der Waals surface area contributed by atoms with Crippen LogP contribution in [0.1, 0.15) is 18.1 Å². The highest BCUT2D eigenvalue weighted by Crippen LogP contribution is 2.40. The van der Waals surface area contributed by atoms with Gasteiger partial charge in [0.05, 0.1) is 22.2 Å². The zero-order valence-corrected chi connectivity index (χ0v) is 21.2. The zero-order valence-electron chi connectivity index (χ0n) is 18.8. The largest absolute Gasteiger partial charge is 0.490 e. The highest BCUT2D eigenvalue weighted by atomic mass is 35.5. The van der Waals surface area contributed by atoms with Crippen LogP contribution < -0.4 is 14.2 Å². The third kappa shape index (κ3) is 6.05. The summed E-state index contributed by atoms with van der Waals surface area (Å²) < 4.78 is 36.6. The van der Waals surface area contributed by atoms with Crippen LogP contribution in [-0.4, -0.2) is 26.1 Å². The number of carbonyl (C=O) groups is 1. The first-order chi connectivity index (χ1) is 16.7. The fourth-order valence-electron chi connectivity index (χ4n) is 3.13. The van der Waals surface area contributed by atoms with Gasteiger partial charge in [-0.2, -0.15) is 8.42 Å². The fraction of sp³-hybridized carbons (Fsp3) is 0.120. The summed E-state index contributed by atoms with van der Waals surface area (Å²) >= 11 is 7.60. The molecule has 0 atom stereocenters. The summed E-state index contributed by atoms with van der Waals surface area (Å²) in [5.74, 6) is -0.281. The van der Waals surface area contributed by atoms with Gasteiger partial charge >= 0.3 is 10.1 Å². The van der Waals surface area contributed by atoms with Gasteiger partial charge in [-0.15, -0.1) is 0 Å². The Balaban J connectivity index is 1.63. The maximum absolute atomic E-state index is 12.8. The van der Waals surface area contributed by atoms with Crippen LogP contribution in [-0.2, 0) is 14.9 Å². The molecule has 0 saturated carbocycles. The Hall–Kier alpha value is -3.27. The Bertz CT molecular complexity index is 1420. The molecule has 1 aliphatic rings. The molecule has 0 aromatic heterocycles. The second kappa shape index (κ2) is 10.6. The summed E-state index contributed by atoms with van der Waals surface area (Å²) in [7, 11) is -4.14. The van der Waals surface area contributed by atoms with Gasteiger partial charge in [0.2, 0.25) is 5.75 Å². The monoisotopic (exact) mass is 528 g/mol. The molecule has 1 saturated heterocycles. The van der Waals surface area contributed by atoms with Gasteiger partial charge in [-0.1, -0.05) is 47.5 Å². The van der Waals surface area contributed by atoms with Crippen molar-refractivity contribution in [2.24, 2.45) is 4.99 Å². The lowest BCUT2D eigenvalue weighted by atomic mass is 10.2. The average molecular weight is 529 g/mol. The Morgan fingerprint density at radius 1 is 1.09 bits per heavy atom. The van der Waals surface area contributed by atoms with Crippen LogP contribution in [0, 0.1) is 6.92 Å². The topological polar surface area (TPSA) is 94.1 Å². The van der Waals surface area contributed by atoms with E-state index in [4.69, 9.17) is 20.5 Å². The van der Waals surface area contributed by atoms with E-state index in [0.717, 1.165) is 11.3 Å². The Morgan fingerprint density at radius 2 is 1.80 bits per heavy atom. The summed E-state index contributed by atoms with van der Waals surface area (Å²) in [6.07, 6.45) is 1.63. The molecule has 3 aromatic carbocycles. The number of nitrogens with zero attached hydrogens (tertiary/aromatic N) is 1. The molecule has 0 bridgehead atoms. The highest BCUT2D eigenvalue weighted by Gasteiger charge is 2.25. The minimum atomic E-state index is -4.14. The van der Waals surface area contributed by atoms with Crippen LogP contribution in [0.3, 0.4) is 0 Å². The van der Waals surface area contributed by atoms with E-state index >= 15 is 0 Å². The molecule has 0 spiro atoms. The van der Waals surface area contributed by atoms with Crippen molar-refractivity contribution in [1.82, 2.24) is 5.32 Å². The maximum Gasteiger partial charge on any atom is 0.339 e. The SMILES string of the molecule is CCOc1cc(/C=C2\SC(=Nc3ccccc3)NC2=O)cc(Cl)c1OS(=O)(=O)c1ccc(C)cc1. The van der Waals surface area contributed by atoms with Crippen molar-refractivity contribution in [3.8, 4) is 11.5 Å². The van der Waals surface area contributed by atoms with E-state index in [1.54, 1.807) is 31.2 Å². The molecule has 0 radical (unpaired) electrons. The van der Waals surface area contributed by atoms with E-state index in [1.165, 1.54) is 30.0 Å². The van der Waals surface area contributed by atoms with Crippen molar-refractivity contribution in [3.63, 3.8) is 0 Å². The Kier molecular flexibility index (Phi) is 7.49. The lowest BCUT2D eigenvalue weighted by Crippen LogP contribution is -2.19. The third-order valence-electron chi connectivity index (χ3n) is 4.77. The zero-order chi connectivity index (χ0) is 25.0. The molecule has 10 heteroatoms. The standard InChI is InChI=1S/C25H21ClN2O5S2/c1-3-32-21-14-17(15-22-24(29)28-25(34-22)27-18-7-5-4-6-8-18)13-20(26)23(21)33-35(30,31)19-11-9-16(2)10-12-19/h4-15H,3H2,1-2H3,(H,27,28,29)/b22-15-. The number of para-hydroxylation sites is 1. The normalized spacial score (nSPS) is 15.9. The van der Waals surface area contributed by atoms with Gasteiger partial charge in [-0.3, -0.25) is 4.79 Å². The Morgan fingerprint density at radius 3 is 2.49 bits per heavy atom. The molecule has 0 unspecified atom stereocenters. The van der Waals surface area contributed by atoms with Crippen LogP contribution in [0.2, 0.25) is 5.02 Å². The molecule has 4 rings (SSSR count). The summed E-state index contributed by atoms with van der Waals surface area (Å²) in [6.45, 7) is 3.86. The summed E-state index contributed by atoms with van der Waals surface area (Å²) in [5, 5.41) is 3.21. The Labute approximate surface area is 212 Å². The van der Waals surface area contributed by atoms with E-state index in [9.17, 15) is 13.2 Å². The smallest absolute Gasteiger partial charge is 0.339 e. The molecule has 3 aromatic rings. The lowest BCUT2D eigenvalue weighted by Gasteiger charge is -2.14. The van der Waals surface area contributed by atoms with E-state index < -0.39 is 10.1 Å². The van der Waals surface area contributed by atoms with E-state index in [2.05, 4.69) is 10.3 Å². The number of nitrogens with one attached hydrogen (secondary N) is 1. The molecule has 1 N–H and O–H groups in total. The van der Waals surface area contributed by atoms with Gasteiger partial charge in [0.15, 0.2) is 10.9 Å². The predicted octanol–water partition coefficient (Wildman–Crippen LogP) is 5.71. The van der Waals surface area contributed by atoms with Gasteiger partial charge in [-0.05, 0) is 73.6 Å². The number of rotatable bonds is 7. The molecule has 35 heavy (non-hydrogen) atoms. The highest BCUT2D eigenvalue weighted by molar-refractivity contribution is 8.18. The minimum absolute atomic E-state index is 0.00271. The fourth-order valence-corrected chi connectivity index (χ4v) is 5.23. The van der Waals surface area contributed by atoms with Gasteiger partial charge < -0.3 is 14.2 Å². The molecule has 1 fully saturated rings. The molecule has 1 heterocycles. The van der Waals surface area contributed by atoms with Crippen LogP contribution in [0.4, 0.5) is 5.69 Å². The number of thioether (sulfide) groups is 1. The predicted molar refractivity (Wildman–Crippen MR) is 139 cm³/mol. The molecular weight excluding hydrogens is 508 g/mol. The quantitative estimate of drug-likeness (QED) is 0.312. The van der Waals surface area contributed by atoms with Crippen molar-refractivity contribution in [1.29, 1.82) is 0 Å². The van der Waals surface area contributed by atoms with Gasteiger partial charge in [0.1, 0.15) is 4.90 Å². The molecular formula is C25H21ClN2O5S2. The first-order valence-corrected chi connectivity index (χ1v) is 13.2. The summed E-state index contributed by atoms with van der Waals surface area (Å²) in [4.78, 5) is 17.3. The van der Waals surface area contributed by atoms with E-state index in [1.807, 2.05) is 37.3 Å². The van der Waals surface area contributed by atoms with E-state index in [0.29, 0.717) is 15.6 Å². The van der Waals surface area contributed by atoms with Crippen molar-refractivity contribution in [3.05, 3.63) is 87.8 Å². The maximum atomic E-state index is 12.8. The number of halogens is 1. The lowest BCUT2D eigenvalue weighted by molar-refractivity contribution is -0.115. The molecule has 1 aliphatic heterocycles. The molecule has 7 nitrogen and oxygen atoms in total. The average Bonchev–Trinajstić information content (AvgIpc) is 3.15. The van der Waals surface area contributed by atoms with E-state index in [-0.39, 0.29) is 33.9 Å². The molecule has 180 valence electrons. The second-order valence-corrected chi connectivity index (χ2v) is 10.4. The minimum Gasteiger partial charge on any atom is -0.490 e. The number of hydrogen-bond donors (Lipinski definition) is 1. The van der Waals surface area contributed by atoms with Gasteiger partial charge in [-0.25, -0.2) is 4.99 Å².